The van der Waals surface area contributed by atoms with Crippen LogP contribution in [0.5, 0.6) is 0 Å². The molecule has 0 fully saturated rings. The van der Waals surface area contributed by atoms with Crippen molar-refractivity contribution in [2.24, 2.45) is 5.92 Å². The van der Waals surface area contributed by atoms with Crippen molar-refractivity contribution in [1.29, 1.82) is 0 Å². The average molecular weight is 278 g/mol. The van der Waals surface area contributed by atoms with Crippen LogP contribution in [0.2, 0.25) is 0 Å². The van der Waals surface area contributed by atoms with Crippen molar-refractivity contribution < 1.29 is 0 Å². The van der Waals surface area contributed by atoms with E-state index in [1.54, 1.807) is 0 Å². The fraction of sp³-hybridized carbons (Fsp3) is 0.333. The van der Waals surface area contributed by atoms with Crippen LogP contribution in [0, 0.1) is 26.7 Å². The monoisotopic (exact) mass is 278 g/mol. The topological polar surface area (TPSA) is 0 Å². The Balaban J connectivity index is 2.53. The van der Waals surface area contributed by atoms with E-state index in [-0.39, 0.29) is 0 Å². The molecule has 0 bridgehead atoms. The van der Waals surface area contributed by atoms with Gasteiger partial charge in [0.05, 0.1) is 0 Å². The molecule has 1 unspecified atom stereocenters. The number of hydrogen-bond acceptors (Lipinski definition) is 0. The number of hydrogen-bond donors (Lipinski definition) is 0. The highest BCUT2D eigenvalue weighted by Crippen LogP contribution is 2.32. The maximum atomic E-state index is 2.32. The van der Waals surface area contributed by atoms with Crippen LogP contribution < -0.4 is 0 Å². The predicted octanol–water partition coefficient (Wildman–Crippen LogP) is 6.34. The normalized spacial score (nSPS) is 12.8. The first kappa shape index (κ1) is 15.6. The molecule has 21 heavy (non-hydrogen) atoms. The molecule has 0 aliphatic heterocycles. The smallest absolute Gasteiger partial charge is 0.0117 e. The van der Waals surface area contributed by atoms with Crippen LogP contribution in [0.25, 0.3) is 17.2 Å². The second-order valence-electron chi connectivity index (χ2n) is 6.03. The van der Waals surface area contributed by atoms with E-state index in [4.69, 9.17) is 0 Å². The van der Waals surface area contributed by atoms with E-state index in [2.05, 4.69) is 83.2 Å². The van der Waals surface area contributed by atoms with E-state index in [0.717, 1.165) is 0 Å². The minimum Gasteiger partial charge on any atom is -0.0811 e. The molecule has 0 saturated carbocycles. The van der Waals surface area contributed by atoms with Gasteiger partial charge in [0.15, 0.2) is 0 Å². The molecular weight excluding hydrogens is 252 g/mol. The fourth-order valence-corrected chi connectivity index (χ4v) is 2.72. The molecule has 0 saturated heterocycles. The lowest BCUT2D eigenvalue weighted by Gasteiger charge is -2.15. The molecule has 2 aromatic rings. The summed E-state index contributed by atoms with van der Waals surface area (Å²) in [6, 6.07) is 13.1. The Kier molecular flexibility index (Phi) is 5.01. The number of aryl methyl sites for hydroxylation is 2. The minimum atomic E-state index is 0.632. The van der Waals surface area contributed by atoms with Gasteiger partial charge in [-0.25, -0.2) is 0 Å². The molecule has 1 atom stereocenters. The molecule has 2 rings (SSSR count). The van der Waals surface area contributed by atoms with Crippen molar-refractivity contribution >= 4 is 6.08 Å². The Hall–Kier alpha value is -1.82. The SMILES string of the molecule is CCC(C)/C=C\c1ccc(C)c(-c2ccccc2C)c1C. The van der Waals surface area contributed by atoms with E-state index >= 15 is 0 Å². The van der Waals surface area contributed by atoms with Crippen LogP contribution in [0.3, 0.4) is 0 Å². The zero-order valence-corrected chi connectivity index (χ0v) is 13.9. The third kappa shape index (κ3) is 3.44. The molecule has 0 radical (unpaired) electrons. The van der Waals surface area contributed by atoms with E-state index in [1.807, 2.05) is 0 Å². The molecule has 0 heterocycles. The van der Waals surface area contributed by atoms with Crippen LogP contribution in [0.1, 0.15) is 42.5 Å². The second kappa shape index (κ2) is 6.76. The molecule has 2 aromatic carbocycles. The molecule has 110 valence electrons. The van der Waals surface area contributed by atoms with Gasteiger partial charge in [-0.3, -0.25) is 0 Å². The third-order valence-corrected chi connectivity index (χ3v) is 4.38. The Morgan fingerprint density at radius 3 is 2.33 bits per heavy atom. The lowest BCUT2D eigenvalue weighted by atomic mass is 9.89. The summed E-state index contributed by atoms with van der Waals surface area (Å²) in [4.78, 5) is 0. The van der Waals surface area contributed by atoms with Crippen LogP contribution in [-0.2, 0) is 0 Å². The fourth-order valence-electron chi connectivity index (χ4n) is 2.72. The Bertz CT molecular complexity index is 647. The molecule has 0 aliphatic rings. The zero-order chi connectivity index (χ0) is 15.4. The number of allylic oxidation sites excluding steroid dienone is 1. The summed E-state index contributed by atoms with van der Waals surface area (Å²) in [6.45, 7) is 11.1. The lowest BCUT2D eigenvalue weighted by molar-refractivity contribution is 0.701. The maximum absolute atomic E-state index is 2.32. The van der Waals surface area contributed by atoms with Gasteiger partial charge in [-0.1, -0.05) is 68.8 Å². The first-order valence-electron chi connectivity index (χ1n) is 7.89. The summed E-state index contributed by atoms with van der Waals surface area (Å²) < 4.78 is 0. The summed E-state index contributed by atoms with van der Waals surface area (Å²) in [7, 11) is 0. The maximum Gasteiger partial charge on any atom is -0.0117 e. The quantitative estimate of drug-likeness (QED) is 0.612. The molecule has 0 aliphatic carbocycles. The van der Waals surface area contributed by atoms with Gasteiger partial charge in [-0.15, -0.1) is 0 Å². The van der Waals surface area contributed by atoms with Crippen molar-refractivity contribution in [3.63, 3.8) is 0 Å². The van der Waals surface area contributed by atoms with Crippen LogP contribution in [0.4, 0.5) is 0 Å². The summed E-state index contributed by atoms with van der Waals surface area (Å²) >= 11 is 0. The summed E-state index contributed by atoms with van der Waals surface area (Å²) in [5.41, 5.74) is 8.14. The Morgan fingerprint density at radius 1 is 0.952 bits per heavy atom. The van der Waals surface area contributed by atoms with E-state index in [1.165, 1.54) is 39.8 Å². The van der Waals surface area contributed by atoms with Gasteiger partial charge in [0, 0.05) is 0 Å². The van der Waals surface area contributed by atoms with Crippen LogP contribution in [0.15, 0.2) is 42.5 Å². The van der Waals surface area contributed by atoms with Gasteiger partial charge in [0.25, 0.3) is 0 Å². The van der Waals surface area contributed by atoms with Gasteiger partial charge < -0.3 is 0 Å². The highest BCUT2D eigenvalue weighted by Gasteiger charge is 2.10. The van der Waals surface area contributed by atoms with Gasteiger partial charge in [-0.05, 0) is 60.1 Å². The predicted molar refractivity (Wildman–Crippen MR) is 94.6 cm³/mol. The first-order chi connectivity index (χ1) is 10.0. The summed E-state index contributed by atoms with van der Waals surface area (Å²) in [5, 5.41) is 0. The van der Waals surface area contributed by atoms with E-state index < -0.39 is 0 Å². The summed E-state index contributed by atoms with van der Waals surface area (Å²) in [5.74, 6) is 0.632. The average Bonchev–Trinajstić information content (AvgIpc) is 2.48. The van der Waals surface area contributed by atoms with Crippen LogP contribution in [-0.4, -0.2) is 0 Å². The van der Waals surface area contributed by atoms with Crippen molar-refractivity contribution in [2.45, 2.75) is 41.0 Å². The van der Waals surface area contributed by atoms with Crippen molar-refractivity contribution in [3.05, 3.63) is 64.7 Å². The Labute approximate surface area is 129 Å². The lowest BCUT2D eigenvalue weighted by Crippen LogP contribution is -1.94. The number of benzene rings is 2. The summed E-state index contributed by atoms with van der Waals surface area (Å²) in [6.07, 6.45) is 5.79. The molecule has 0 N–H and O–H groups in total. The van der Waals surface area contributed by atoms with Crippen molar-refractivity contribution in [2.75, 3.05) is 0 Å². The zero-order valence-electron chi connectivity index (χ0n) is 13.9. The van der Waals surface area contributed by atoms with Gasteiger partial charge >= 0.3 is 0 Å². The van der Waals surface area contributed by atoms with E-state index in [0.29, 0.717) is 5.92 Å². The number of rotatable bonds is 4. The Morgan fingerprint density at radius 2 is 1.67 bits per heavy atom. The molecule has 0 spiro atoms. The van der Waals surface area contributed by atoms with Gasteiger partial charge in [0.2, 0.25) is 0 Å². The third-order valence-electron chi connectivity index (χ3n) is 4.38. The second-order valence-corrected chi connectivity index (χ2v) is 6.03. The molecule has 0 nitrogen and oxygen atoms in total. The standard InChI is InChI=1S/C21H26/c1-6-15(2)11-13-19-14-12-17(4)21(18(19)5)20-10-8-7-9-16(20)3/h7-15H,6H2,1-5H3/b13-11-. The van der Waals surface area contributed by atoms with Gasteiger partial charge in [0.1, 0.15) is 0 Å². The van der Waals surface area contributed by atoms with Crippen molar-refractivity contribution in [1.82, 2.24) is 0 Å². The molecular formula is C21H26. The highest BCUT2D eigenvalue weighted by atomic mass is 14.1. The molecule has 0 aromatic heterocycles. The van der Waals surface area contributed by atoms with Crippen molar-refractivity contribution in [3.8, 4) is 11.1 Å². The molecule has 0 amide bonds. The van der Waals surface area contributed by atoms with Gasteiger partial charge in [-0.2, -0.15) is 0 Å². The van der Waals surface area contributed by atoms with Crippen LogP contribution >= 0.6 is 0 Å². The minimum absolute atomic E-state index is 0.632. The largest absolute Gasteiger partial charge is 0.0811 e. The molecule has 0 heteroatoms. The van der Waals surface area contributed by atoms with E-state index in [9.17, 15) is 0 Å². The highest BCUT2D eigenvalue weighted by molar-refractivity contribution is 5.77. The first-order valence-corrected chi connectivity index (χ1v) is 7.89.